The van der Waals surface area contributed by atoms with Crippen LogP contribution in [0.25, 0.3) is 11.5 Å². The molecule has 0 aromatic carbocycles. The van der Waals surface area contributed by atoms with Crippen LogP contribution in [0.5, 0.6) is 0 Å². The van der Waals surface area contributed by atoms with Gasteiger partial charge in [0.15, 0.2) is 0 Å². The van der Waals surface area contributed by atoms with Gasteiger partial charge in [0.05, 0.1) is 4.88 Å². The van der Waals surface area contributed by atoms with Gasteiger partial charge < -0.3 is 4.42 Å². The average Bonchev–Trinajstić information content (AvgIpc) is 3.12. The summed E-state index contributed by atoms with van der Waals surface area (Å²) in [6.45, 7) is 0. The summed E-state index contributed by atoms with van der Waals surface area (Å²) in [5.41, 5.74) is 0.851. The van der Waals surface area contributed by atoms with E-state index in [1.807, 2.05) is 28.3 Å². The van der Waals surface area contributed by atoms with Gasteiger partial charge >= 0.3 is 6.01 Å². The number of thiophene rings is 2. The number of rotatable bonds is 3. The van der Waals surface area contributed by atoms with Crippen LogP contribution in [0.2, 0.25) is 0 Å². The molecule has 18 heavy (non-hydrogen) atoms. The fourth-order valence-electron chi connectivity index (χ4n) is 1.34. The van der Waals surface area contributed by atoms with E-state index >= 15 is 0 Å². The fraction of sp³-hybridized carbons (Fsp3) is 0. The molecule has 0 radical (unpaired) electrons. The van der Waals surface area contributed by atoms with Gasteiger partial charge in [-0.3, -0.25) is 10.1 Å². The first-order valence-corrected chi connectivity index (χ1v) is 6.86. The van der Waals surface area contributed by atoms with Crippen molar-refractivity contribution in [2.75, 3.05) is 5.32 Å². The van der Waals surface area contributed by atoms with Gasteiger partial charge in [-0.15, -0.1) is 16.4 Å². The van der Waals surface area contributed by atoms with Gasteiger partial charge in [0.2, 0.25) is 0 Å². The van der Waals surface area contributed by atoms with Gasteiger partial charge in [0, 0.05) is 10.9 Å². The molecule has 0 spiro atoms. The lowest BCUT2D eigenvalue weighted by Crippen LogP contribution is -2.10. The normalized spacial score (nSPS) is 10.4. The smallest absolute Gasteiger partial charge is 0.322 e. The Kier molecular flexibility index (Phi) is 2.91. The molecule has 0 fully saturated rings. The van der Waals surface area contributed by atoms with Crippen LogP contribution < -0.4 is 5.32 Å². The maximum atomic E-state index is 11.7. The minimum absolute atomic E-state index is 0.106. The number of hydrogen-bond donors (Lipinski definition) is 1. The van der Waals surface area contributed by atoms with E-state index in [0.29, 0.717) is 10.8 Å². The molecule has 7 heteroatoms. The number of aromatic nitrogens is 2. The van der Waals surface area contributed by atoms with Crippen LogP contribution in [0, 0.1) is 0 Å². The zero-order valence-corrected chi connectivity index (χ0v) is 10.6. The number of hydrogen-bond acceptors (Lipinski definition) is 6. The van der Waals surface area contributed by atoms with Gasteiger partial charge in [-0.05, 0) is 22.9 Å². The maximum Gasteiger partial charge on any atom is 0.322 e. The highest BCUT2D eigenvalue weighted by Gasteiger charge is 2.13. The molecule has 0 aliphatic rings. The summed E-state index contributed by atoms with van der Waals surface area (Å²) in [5, 5.41) is 15.9. The second-order valence-electron chi connectivity index (χ2n) is 3.36. The molecule has 3 aromatic rings. The van der Waals surface area contributed by atoms with E-state index in [0.717, 1.165) is 5.56 Å². The first kappa shape index (κ1) is 11.1. The third kappa shape index (κ3) is 2.18. The molecule has 0 aliphatic heterocycles. The zero-order chi connectivity index (χ0) is 12.4. The second kappa shape index (κ2) is 4.71. The number of amides is 1. The predicted octanol–water partition coefficient (Wildman–Crippen LogP) is 3.11. The molecule has 1 N–H and O–H groups in total. The summed E-state index contributed by atoms with van der Waals surface area (Å²) in [6.07, 6.45) is 0. The summed E-state index contributed by atoms with van der Waals surface area (Å²) >= 11 is 2.90. The Morgan fingerprint density at radius 1 is 1.28 bits per heavy atom. The third-order valence-electron chi connectivity index (χ3n) is 2.16. The minimum atomic E-state index is -0.245. The van der Waals surface area contributed by atoms with Crippen molar-refractivity contribution < 1.29 is 9.21 Å². The molecular formula is C11H7N3O2S2. The molecule has 0 aliphatic carbocycles. The number of anilines is 1. The number of nitrogens with zero attached hydrogens (tertiary/aromatic N) is 2. The van der Waals surface area contributed by atoms with E-state index in [4.69, 9.17) is 4.42 Å². The van der Waals surface area contributed by atoms with Gasteiger partial charge in [-0.2, -0.15) is 11.3 Å². The largest absolute Gasteiger partial charge is 0.403 e. The molecule has 0 bridgehead atoms. The molecule has 0 atom stereocenters. The Morgan fingerprint density at radius 3 is 2.94 bits per heavy atom. The Morgan fingerprint density at radius 2 is 2.22 bits per heavy atom. The molecular weight excluding hydrogens is 270 g/mol. The number of nitrogens with one attached hydrogen (secondary N) is 1. The average molecular weight is 277 g/mol. The van der Waals surface area contributed by atoms with Crippen molar-refractivity contribution in [3.8, 4) is 11.5 Å². The van der Waals surface area contributed by atoms with Crippen molar-refractivity contribution in [2.24, 2.45) is 0 Å². The van der Waals surface area contributed by atoms with Crippen molar-refractivity contribution in [2.45, 2.75) is 0 Å². The fourth-order valence-corrected chi connectivity index (χ4v) is 2.59. The van der Waals surface area contributed by atoms with Gasteiger partial charge in [0.1, 0.15) is 0 Å². The Balaban J connectivity index is 1.76. The van der Waals surface area contributed by atoms with Gasteiger partial charge in [-0.25, -0.2) is 0 Å². The highest BCUT2D eigenvalue weighted by Crippen LogP contribution is 2.22. The monoisotopic (exact) mass is 277 g/mol. The summed E-state index contributed by atoms with van der Waals surface area (Å²) in [7, 11) is 0. The van der Waals surface area contributed by atoms with E-state index in [1.165, 1.54) is 11.3 Å². The van der Waals surface area contributed by atoms with E-state index in [2.05, 4.69) is 15.5 Å². The second-order valence-corrected chi connectivity index (χ2v) is 5.08. The Hall–Kier alpha value is -1.99. The number of carbonyl (C=O) groups is 1. The van der Waals surface area contributed by atoms with Crippen LogP contribution in [0.1, 0.15) is 9.67 Å². The number of carbonyl (C=O) groups excluding carboxylic acids is 1. The van der Waals surface area contributed by atoms with E-state index < -0.39 is 0 Å². The van der Waals surface area contributed by atoms with Crippen LogP contribution in [0.15, 0.2) is 38.8 Å². The summed E-state index contributed by atoms with van der Waals surface area (Å²) in [4.78, 5) is 12.3. The minimum Gasteiger partial charge on any atom is -0.403 e. The Labute approximate surface area is 110 Å². The van der Waals surface area contributed by atoms with Crippen molar-refractivity contribution in [1.29, 1.82) is 0 Å². The van der Waals surface area contributed by atoms with Crippen LogP contribution >= 0.6 is 22.7 Å². The summed E-state index contributed by atoms with van der Waals surface area (Å²) in [5.74, 6) is 0.156. The lowest BCUT2D eigenvalue weighted by Gasteiger charge is -1.95. The molecule has 1 amide bonds. The SMILES string of the molecule is O=C(Nc1nnc(-c2ccsc2)o1)c1cccs1. The standard InChI is InChI=1S/C11H7N3O2S2/c15-9(8-2-1-4-18-8)12-11-14-13-10(16-11)7-3-5-17-6-7/h1-6H,(H,12,14,15). The summed E-state index contributed by atoms with van der Waals surface area (Å²) < 4.78 is 5.35. The highest BCUT2D eigenvalue weighted by atomic mass is 32.1. The lowest BCUT2D eigenvalue weighted by atomic mass is 10.3. The first-order valence-electron chi connectivity index (χ1n) is 5.04. The predicted molar refractivity (Wildman–Crippen MR) is 69.9 cm³/mol. The van der Waals surface area contributed by atoms with Gasteiger partial charge in [0.25, 0.3) is 11.8 Å². The Bertz CT molecular complexity index is 644. The molecule has 3 rings (SSSR count). The molecule has 90 valence electrons. The first-order chi connectivity index (χ1) is 8.83. The van der Waals surface area contributed by atoms with E-state index in [-0.39, 0.29) is 11.9 Å². The highest BCUT2D eigenvalue weighted by molar-refractivity contribution is 7.12. The summed E-state index contributed by atoms with van der Waals surface area (Å²) in [6, 6.07) is 5.53. The van der Waals surface area contributed by atoms with Crippen molar-refractivity contribution in [3.05, 3.63) is 39.2 Å². The quantitative estimate of drug-likeness (QED) is 0.798. The van der Waals surface area contributed by atoms with Crippen LogP contribution in [0.4, 0.5) is 6.01 Å². The van der Waals surface area contributed by atoms with Gasteiger partial charge in [-0.1, -0.05) is 11.2 Å². The van der Waals surface area contributed by atoms with E-state index in [1.54, 1.807) is 17.4 Å². The van der Waals surface area contributed by atoms with E-state index in [9.17, 15) is 4.79 Å². The van der Waals surface area contributed by atoms with Crippen molar-refractivity contribution >= 4 is 34.6 Å². The molecule has 5 nitrogen and oxygen atoms in total. The molecule has 0 saturated carbocycles. The van der Waals surface area contributed by atoms with Crippen LogP contribution in [-0.2, 0) is 0 Å². The van der Waals surface area contributed by atoms with Crippen LogP contribution in [0.3, 0.4) is 0 Å². The molecule has 0 unspecified atom stereocenters. The molecule has 0 saturated heterocycles. The zero-order valence-electron chi connectivity index (χ0n) is 8.99. The lowest BCUT2D eigenvalue weighted by molar-refractivity contribution is 0.102. The van der Waals surface area contributed by atoms with Crippen molar-refractivity contribution in [3.63, 3.8) is 0 Å². The topological polar surface area (TPSA) is 68.0 Å². The third-order valence-corrected chi connectivity index (χ3v) is 3.71. The van der Waals surface area contributed by atoms with Crippen molar-refractivity contribution in [1.82, 2.24) is 10.2 Å². The maximum absolute atomic E-state index is 11.7. The molecule has 3 aromatic heterocycles. The molecule has 3 heterocycles. The van der Waals surface area contributed by atoms with Crippen LogP contribution in [-0.4, -0.2) is 16.1 Å².